The summed E-state index contributed by atoms with van der Waals surface area (Å²) in [5.74, 6) is -0.0418. The van der Waals surface area contributed by atoms with Crippen LogP contribution in [0.3, 0.4) is 0 Å². The monoisotopic (exact) mass is 410 g/mol. The van der Waals surface area contributed by atoms with E-state index in [0.717, 1.165) is 11.1 Å². The Morgan fingerprint density at radius 2 is 2.03 bits per heavy atom. The van der Waals surface area contributed by atoms with Crippen molar-refractivity contribution < 1.29 is 14.0 Å². The molecule has 2 aromatic heterocycles. The van der Waals surface area contributed by atoms with Crippen molar-refractivity contribution in [3.63, 3.8) is 0 Å². The number of aryl methyl sites for hydroxylation is 1. The SMILES string of the molecule is CN1CC(C(=O)NCCn2cc(-c3ccc(F)cc3)c(-c3nccn3C)n2)CC1=O. The summed E-state index contributed by atoms with van der Waals surface area (Å²) in [6.07, 6.45) is 5.66. The number of rotatable bonds is 6. The van der Waals surface area contributed by atoms with E-state index in [0.29, 0.717) is 31.2 Å². The molecule has 0 saturated carbocycles. The third-order valence-electron chi connectivity index (χ3n) is 5.30. The fraction of sp³-hybridized carbons (Fsp3) is 0.333. The quantitative estimate of drug-likeness (QED) is 0.670. The van der Waals surface area contributed by atoms with Crippen LogP contribution in [-0.4, -0.2) is 56.2 Å². The van der Waals surface area contributed by atoms with Crippen molar-refractivity contribution in [3.05, 3.63) is 48.7 Å². The van der Waals surface area contributed by atoms with Crippen molar-refractivity contribution in [1.29, 1.82) is 0 Å². The van der Waals surface area contributed by atoms with Crippen LogP contribution in [0.4, 0.5) is 4.39 Å². The molecule has 156 valence electrons. The van der Waals surface area contributed by atoms with Gasteiger partial charge in [-0.15, -0.1) is 0 Å². The Bertz CT molecular complexity index is 1070. The molecular weight excluding hydrogens is 387 g/mol. The minimum Gasteiger partial charge on any atom is -0.354 e. The number of nitrogens with one attached hydrogen (secondary N) is 1. The van der Waals surface area contributed by atoms with Crippen LogP contribution in [0, 0.1) is 11.7 Å². The van der Waals surface area contributed by atoms with E-state index in [9.17, 15) is 14.0 Å². The molecule has 1 atom stereocenters. The van der Waals surface area contributed by atoms with Crippen molar-refractivity contribution in [2.75, 3.05) is 20.1 Å². The Morgan fingerprint density at radius 1 is 1.27 bits per heavy atom. The maximum absolute atomic E-state index is 13.4. The van der Waals surface area contributed by atoms with Crippen LogP contribution in [0.1, 0.15) is 6.42 Å². The molecule has 3 heterocycles. The van der Waals surface area contributed by atoms with E-state index in [1.807, 2.05) is 24.0 Å². The summed E-state index contributed by atoms with van der Waals surface area (Å²) in [5.41, 5.74) is 2.35. The second-order valence-corrected chi connectivity index (χ2v) is 7.49. The van der Waals surface area contributed by atoms with Crippen LogP contribution < -0.4 is 5.32 Å². The van der Waals surface area contributed by atoms with Gasteiger partial charge in [0.25, 0.3) is 0 Å². The number of hydrogen-bond donors (Lipinski definition) is 1. The molecule has 1 N–H and O–H groups in total. The van der Waals surface area contributed by atoms with E-state index in [1.165, 1.54) is 12.1 Å². The van der Waals surface area contributed by atoms with Crippen LogP contribution in [0.15, 0.2) is 42.9 Å². The second kappa shape index (κ2) is 8.10. The summed E-state index contributed by atoms with van der Waals surface area (Å²) in [4.78, 5) is 29.9. The van der Waals surface area contributed by atoms with Crippen molar-refractivity contribution in [1.82, 2.24) is 29.5 Å². The lowest BCUT2D eigenvalue weighted by Crippen LogP contribution is -2.34. The number of hydrogen-bond acceptors (Lipinski definition) is 4. The normalized spacial score (nSPS) is 16.3. The zero-order valence-electron chi connectivity index (χ0n) is 16.9. The number of amides is 2. The Kier molecular flexibility index (Phi) is 5.35. The molecule has 1 unspecified atom stereocenters. The molecule has 1 aliphatic heterocycles. The lowest BCUT2D eigenvalue weighted by atomic mass is 10.1. The van der Waals surface area contributed by atoms with Crippen LogP contribution in [-0.2, 0) is 23.2 Å². The Morgan fingerprint density at radius 3 is 2.67 bits per heavy atom. The molecule has 3 aromatic rings. The largest absolute Gasteiger partial charge is 0.354 e. The number of imidazole rings is 1. The molecule has 1 aromatic carbocycles. The Balaban J connectivity index is 1.50. The molecule has 1 aliphatic rings. The first-order valence-electron chi connectivity index (χ1n) is 9.75. The second-order valence-electron chi connectivity index (χ2n) is 7.49. The van der Waals surface area contributed by atoms with Crippen LogP contribution >= 0.6 is 0 Å². The summed E-state index contributed by atoms with van der Waals surface area (Å²) < 4.78 is 17.0. The van der Waals surface area contributed by atoms with E-state index >= 15 is 0 Å². The van der Waals surface area contributed by atoms with E-state index in [1.54, 1.807) is 35.0 Å². The molecule has 0 aliphatic carbocycles. The summed E-state index contributed by atoms with van der Waals surface area (Å²) in [6, 6.07) is 6.24. The van der Waals surface area contributed by atoms with E-state index < -0.39 is 0 Å². The average molecular weight is 410 g/mol. The van der Waals surface area contributed by atoms with Crippen molar-refractivity contribution in [2.24, 2.45) is 13.0 Å². The smallest absolute Gasteiger partial charge is 0.225 e. The molecule has 1 saturated heterocycles. The highest BCUT2D eigenvalue weighted by atomic mass is 19.1. The highest BCUT2D eigenvalue weighted by molar-refractivity contribution is 5.89. The molecule has 1 fully saturated rings. The minimum absolute atomic E-state index is 0.00845. The van der Waals surface area contributed by atoms with Gasteiger partial charge in [0, 0.05) is 57.8 Å². The number of carbonyl (C=O) groups excluding carboxylic acids is 2. The van der Waals surface area contributed by atoms with Crippen LogP contribution in [0.2, 0.25) is 0 Å². The third kappa shape index (κ3) is 3.96. The third-order valence-corrected chi connectivity index (χ3v) is 5.30. The van der Waals surface area contributed by atoms with Crippen LogP contribution in [0.25, 0.3) is 22.6 Å². The Labute approximate surface area is 173 Å². The molecule has 0 spiro atoms. The highest BCUT2D eigenvalue weighted by Gasteiger charge is 2.31. The molecule has 8 nitrogen and oxygen atoms in total. The summed E-state index contributed by atoms with van der Waals surface area (Å²) in [5, 5.41) is 7.54. The fourth-order valence-corrected chi connectivity index (χ4v) is 3.61. The lowest BCUT2D eigenvalue weighted by molar-refractivity contribution is -0.128. The fourth-order valence-electron chi connectivity index (χ4n) is 3.61. The molecule has 4 rings (SSSR count). The van der Waals surface area contributed by atoms with Crippen molar-refractivity contribution in [2.45, 2.75) is 13.0 Å². The maximum atomic E-state index is 13.4. The highest BCUT2D eigenvalue weighted by Crippen LogP contribution is 2.30. The lowest BCUT2D eigenvalue weighted by Gasteiger charge is -2.11. The van der Waals surface area contributed by atoms with Gasteiger partial charge in [-0.25, -0.2) is 9.37 Å². The van der Waals surface area contributed by atoms with Gasteiger partial charge < -0.3 is 14.8 Å². The molecule has 0 bridgehead atoms. The topological polar surface area (TPSA) is 85.1 Å². The molecule has 9 heteroatoms. The number of nitrogens with zero attached hydrogens (tertiary/aromatic N) is 5. The van der Waals surface area contributed by atoms with Crippen molar-refractivity contribution in [3.8, 4) is 22.6 Å². The van der Waals surface area contributed by atoms with Gasteiger partial charge in [0.15, 0.2) is 5.82 Å². The molecular formula is C21H23FN6O2. The summed E-state index contributed by atoms with van der Waals surface area (Å²) >= 11 is 0. The molecule has 0 radical (unpaired) electrons. The van der Waals surface area contributed by atoms with Gasteiger partial charge in [-0.2, -0.15) is 5.10 Å². The summed E-state index contributed by atoms with van der Waals surface area (Å²) in [6.45, 7) is 1.29. The predicted octanol–water partition coefficient (Wildman–Crippen LogP) is 1.68. The minimum atomic E-state index is -0.307. The predicted molar refractivity (Wildman–Crippen MR) is 109 cm³/mol. The van der Waals surface area contributed by atoms with Crippen LogP contribution in [0.5, 0.6) is 0 Å². The van der Waals surface area contributed by atoms with Crippen molar-refractivity contribution >= 4 is 11.8 Å². The van der Waals surface area contributed by atoms with Gasteiger partial charge in [-0.05, 0) is 17.7 Å². The first-order chi connectivity index (χ1) is 14.4. The molecule has 2 amide bonds. The van der Waals surface area contributed by atoms with E-state index in [2.05, 4.69) is 15.4 Å². The average Bonchev–Trinajstić information content (AvgIpc) is 3.41. The van der Waals surface area contributed by atoms with Gasteiger partial charge in [-0.1, -0.05) is 12.1 Å². The van der Waals surface area contributed by atoms with E-state index in [-0.39, 0.29) is 30.0 Å². The van der Waals surface area contributed by atoms with E-state index in [4.69, 9.17) is 0 Å². The zero-order chi connectivity index (χ0) is 21.3. The van der Waals surface area contributed by atoms with Gasteiger partial charge in [0.05, 0.1) is 12.5 Å². The standard InChI is InChI=1S/C21H23FN6O2/c1-26-9-7-23-20(26)19-17(14-3-5-16(22)6-4-14)13-28(25-19)10-8-24-21(30)15-11-18(29)27(2)12-15/h3-7,9,13,15H,8,10-12H2,1-2H3,(H,24,30). The van der Waals surface area contributed by atoms with Gasteiger partial charge in [-0.3, -0.25) is 14.3 Å². The first kappa shape index (κ1) is 19.8. The number of benzene rings is 1. The number of likely N-dealkylation sites (tertiary alicyclic amines) is 1. The van der Waals surface area contributed by atoms with Gasteiger partial charge in [0.2, 0.25) is 11.8 Å². The van der Waals surface area contributed by atoms with Gasteiger partial charge in [0.1, 0.15) is 11.5 Å². The number of halogens is 1. The number of aromatic nitrogens is 4. The van der Waals surface area contributed by atoms with Gasteiger partial charge >= 0.3 is 0 Å². The Hall–Kier alpha value is -3.49. The zero-order valence-corrected chi connectivity index (χ0v) is 16.9. The first-order valence-corrected chi connectivity index (χ1v) is 9.75. The summed E-state index contributed by atoms with van der Waals surface area (Å²) in [7, 11) is 3.59. The molecule has 30 heavy (non-hydrogen) atoms. The maximum Gasteiger partial charge on any atom is 0.225 e. The number of carbonyl (C=O) groups is 2.